The second kappa shape index (κ2) is 2.78. The van der Waals surface area contributed by atoms with E-state index < -0.39 is 5.79 Å². The predicted molar refractivity (Wildman–Crippen MR) is 57.8 cm³/mol. The highest BCUT2D eigenvalue weighted by Crippen LogP contribution is 2.41. The van der Waals surface area contributed by atoms with Gasteiger partial charge >= 0.3 is 5.63 Å². The van der Waals surface area contributed by atoms with Crippen molar-refractivity contribution in [1.29, 1.82) is 0 Å². The van der Waals surface area contributed by atoms with Gasteiger partial charge in [-0.3, -0.25) is 0 Å². The zero-order valence-electron chi connectivity index (χ0n) is 8.94. The number of ether oxygens (including phenoxy) is 2. The molecule has 0 unspecified atom stereocenters. The molecule has 1 aromatic heterocycles. The van der Waals surface area contributed by atoms with Crippen molar-refractivity contribution in [2.24, 2.45) is 0 Å². The molecule has 0 amide bonds. The molecule has 0 atom stereocenters. The maximum absolute atomic E-state index is 11.1. The first-order chi connectivity index (χ1) is 7.53. The van der Waals surface area contributed by atoms with Crippen LogP contribution in [-0.4, -0.2) is 5.79 Å². The predicted octanol–water partition coefficient (Wildman–Crippen LogP) is 2.30. The first-order valence-electron chi connectivity index (χ1n) is 4.99. The number of benzene rings is 1. The molecule has 1 aliphatic rings. The molecule has 2 heterocycles. The van der Waals surface area contributed by atoms with Crippen molar-refractivity contribution >= 4 is 11.0 Å². The maximum atomic E-state index is 11.1. The summed E-state index contributed by atoms with van der Waals surface area (Å²) in [6.45, 7) is 3.65. The molecular weight excluding hydrogens is 208 g/mol. The van der Waals surface area contributed by atoms with Gasteiger partial charge in [-0.05, 0) is 12.1 Å². The lowest BCUT2D eigenvalue weighted by Crippen LogP contribution is -2.29. The third-order valence-electron chi connectivity index (χ3n) is 2.40. The molecule has 2 aromatic rings. The maximum Gasteiger partial charge on any atom is 0.336 e. The van der Waals surface area contributed by atoms with E-state index in [2.05, 4.69) is 0 Å². The van der Waals surface area contributed by atoms with Crippen LogP contribution in [0.3, 0.4) is 0 Å². The van der Waals surface area contributed by atoms with Crippen molar-refractivity contribution < 1.29 is 13.9 Å². The summed E-state index contributed by atoms with van der Waals surface area (Å²) in [6.07, 6.45) is 0. The van der Waals surface area contributed by atoms with Crippen molar-refractivity contribution in [3.8, 4) is 11.5 Å². The largest absolute Gasteiger partial charge is 0.449 e. The van der Waals surface area contributed by atoms with Crippen LogP contribution < -0.4 is 15.1 Å². The number of rotatable bonds is 0. The van der Waals surface area contributed by atoms with Crippen molar-refractivity contribution in [2.45, 2.75) is 19.6 Å². The third kappa shape index (κ3) is 1.34. The van der Waals surface area contributed by atoms with Gasteiger partial charge in [-0.2, -0.15) is 0 Å². The molecule has 0 aliphatic carbocycles. The zero-order chi connectivity index (χ0) is 11.3. The smallest absolute Gasteiger partial charge is 0.336 e. The summed E-state index contributed by atoms with van der Waals surface area (Å²) < 4.78 is 16.2. The average Bonchev–Trinajstić information content (AvgIpc) is 2.47. The van der Waals surface area contributed by atoms with Crippen LogP contribution in [0.1, 0.15) is 13.8 Å². The van der Waals surface area contributed by atoms with Crippen LogP contribution in [0.5, 0.6) is 11.5 Å². The second-order valence-corrected chi connectivity index (χ2v) is 4.20. The fraction of sp³-hybridized carbons (Fsp3) is 0.250. The SMILES string of the molecule is CC1(C)Oc2cc3ccc(=O)oc3cc2O1. The normalized spacial score (nSPS) is 16.6. The lowest BCUT2D eigenvalue weighted by molar-refractivity contribution is -0.0431. The highest BCUT2D eigenvalue weighted by atomic mass is 16.7. The number of fused-ring (bicyclic) bond motifs is 2. The van der Waals surface area contributed by atoms with Crippen molar-refractivity contribution in [1.82, 2.24) is 0 Å². The third-order valence-corrected chi connectivity index (χ3v) is 2.40. The summed E-state index contributed by atoms with van der Waals surface area (Å²) in [6, 6.07) is 6.58. The molecule has 1 aliphatic heterocycles. The van der Waals surface area contributed by atoms with Gasteiger partial charge in [0, 0.05) is 31.4 Å². The molecule has 0 bridgehead atoms. The van der Waals surface area contributed by atoms with Crippen molar-refractivity contribution in [2.75, 3.05) is 0 Å². The molecule has 1 aromatic carbocycles. The van der Waals surface area contributed by atoms with Crippen LogP contribution in [0, 0.1) is 0 Å². The van der Waals surface area contributed by atoms with E-state index in [9.17, 15) is 4.79 Å². The fourth-order valence-electron chi connectivity index (χ4n) is 1.79. The first kappa shape index (κ1) is 9.27. The summed E-state index contributed by atoms with van der Waals surface area (Å²) in [7, 11) is 0. The van der Waals surface area contributed by atoms with Gasteiger partial charge < -0.3 is 13.9 Å². The average molecular weight is 218 g/mol. The first-order valence-corrected chi connectivity index (χ1v) is 4.99. The van der Waals surface area contributed by atoms with Gasteiger partial charge in [0.15, 0.2) is 11.5 Å². The molecule has 0 saturated carbocycles. The molecule has 4 nitrogen and oxygen atoms in total. The molecule has 16 heavy (non-hydrogen) atoms. The van der Waals surface area contributed by atoms with E-state index in [0.29, 0.717) is 17.1 Å². The van der Waals surface area contributed by atoms with Crippen LogP contribution >= 0.6 is 0 Å². The van der Waals surface area contributed by atoms with Crippen LogP contribution in [-0.2, 0) is 0 Å². The molecule has 82 valence electrons. The Morgan fingerprint density at radius 1 is 1.06 bits per heavy atom. The Kier molecular flexibility index (Phi) is 1.61. The molecule has 0 N–H and O–H groups in total. The van der Waals surface area contributed by atoms with E-state index in [1.165, 1.54) is 6.07 Å². The van der Waals surface area contributed by atoms with Gasteiger partial charge in [0.05, 0.1) is 0 Å². The van der Waals surface area contributed by atoms with E-state index in [1.54, 1.807) is 12.1 Å². The van der Waals surface area contributed by atoms with E-state index in [1.807, 2.05) is 19.9 Å². The summed E-state index contributed by atoms with van der Waals surface area (Å²) in [5, 5.41) is 0.819. The van der Waals surface area contributed by atoms with E-state index in [4.69, 9.17) is 13.9 Å². The molecule has 0 fully saturated rings. The van der Waals surface area contributed by atoms with Gasteiger partial charge in [-0.15, -0.1) is 0 Å². The second-order valence-electron chi connectivity index (χ2n) is 4.20. The Hall–Kier alpha value is -1.97. The topological polar surface area (TPSA) is 48.7 Å². The van der Waals surface area contributed by atoms with Gasteiger partial charge in [-0.1, -0.05) is 0 Å². The van der Waals surface area contributed by atoms with E-state index in [-0.39, 0.29) is 5.63 Å². The molecular formula is C12H10O4. The van der Waals surface area contributed by atoms with Gasteiger partial charge in [0.25, 0.3) is 0 Å². The lowest BCUT2D eigenvalue weighted by Gasteiger charge is -2.16. The Bertz CT molecular complexity index is 624. The zero-order valence-corrected chi connectivity index (χ0v) is 8.94. The minimum Gasteiger partial charge on any atom is -0.449 e. The summed E-state index contributed by atoms with van der Waals surface area (Å²) >= 11 is 0. The fourth-order valence-corrected chi connectivity index (χ4v) is 1.79. The highest BCUT2D eigenvalue weighted by molar-refractivity contribution is 5.81. The van der Waals surface area contributed by atoms with E-state index in [0.717, 1.165) is 5.39 Å². The summed E-state index contributed by atoms with van der Waals surface area (Å²) in [5.74, 6) is 0.609. The summed E-state index contributed by atoms with van der Waals surface area (Å²) in [5.41, 5.74) is 0.137. The standard InChI is InChI=1S/C12H10O4/c1-12(2)15-9-5-7-3-4-11(13)14-8(7)6-10(9)16-12/h3-6H,1-2H3. The Morgan fingerprint density at radius 3 is 2.50 bits per heavy atom. The van der Waals surface area contributed by atoms with Crippen LogP contribution in [0.2, 0.25) is 0 Å². The lowest BCUT2D eigenvalue weighted by atomic mass is 10.2. The number of hydrogen-bond donors (Lipinski definition) is 0. The van der Waals surface area contributed by atoms with Crippen LogP contribution in [0.15, 0.2) is 33.5 Å². The highest BCUT2D eigenvalue weighted by Gasteiger charge is 2.32. The van der Waals surface area contributed by atoms with Gasteiger partial charge in [0.2, 0.25) is 5.79 Å². The minimum absolute atomic E-state index is 0.370. The Balaban J connectivity index is 2.26. The molecule has 0 radical (unpaired) electrons. The van der Waals surface area contributed by atoms with Gasteiger partial charge in [0.1, 0.15) is 5.58 Å². The van der Waals surface area contributed by atoms with Crippen molar-refractivity contribution in [3.05, 3.63) is 34.7 Å². The summed E-state index contributed by atoms with van der Waals surface area (Å²) in [4.78, 5) is 11.1. The Morgan fingerprint density at radius 2 is 1.75 bits per heavy atom. The van der Waals surface area contributed by atoms with Gasteiger partial charge in [-0.25, -0.2) is 4.79 Å². The molecule has 0 spiro atoms. The molecule has 0 saturated heterocycles. The quantitative estimate of drug-likeness (QED) is 0.636. The molecule has 4 heteroatoms. The number of hydrogen-bond acceptors (Lipinski definition) is 4. The van der Waals surface area contributed by atoms with Crippen LogP contribution in [0.4, 0.5) is 0 Å². The molecule has 3 rings (SSSR count). The van der Waals surface area contributed by atoms with Crippen molar-refractivity contribution in [3.63, 3.8) is 0 Å². The van der Waals surface area contributed by atoms with Crippen LogP contribution in [0.25, 0.3) is 11.0 Å². The monoisotopic (exact) mass is 218 g/mol. The Labute approximate surface area is 91.4 Å². The minimum atomic E-state index is -0.667. The van der Waals surface area contributed by atoms with E-state index >= 15 is 0 Å².